The fourth-order valence-corrected chi connectivity index (χ4v) is 1.09. The number of ether oxygens (including phenoxy) is 1. The lowest BCUT2D eigenvalue weighted by Gasteiger charge is -2.26. The maximum absolute atomic E-state index is 5.42. The SMILES string of the molecule is C=N/C(=C\C=N/CNC)C(C)(CC)OC. The number of aliphatic imine (C=N–C) groups is 2. The molecule has 0 fully saturated rings. The molecule has 4 nitrogen and oxygen atoms in total. The van der Waals surface area contributed by atoms with Crippen molar-refractivity contribution in [3.63, 3.8) is 0 Å². The van der Waals surface area contributed by atoms with Crippen molar-refractivity contribution >= 4 is 12.9 Å². The second kappa shape index (κ2) is 7.31. The molecule has 1 N–H and O–H groups in total. The highest BCUT2D eigenvalue weighted by Crippen LogP contribution is 2.24. The van der Waals surface area contributed by atoms with E-state index in [0.29, 0.717) is 6.67 Å². The first-order chi connectivity index (χ1) is 7.14. The molecule has 0 aliphatic carbocycles. The highest BCUT2D eigenvalue weighted by molar-refractivity contribution is 5.72. The van der Waals surface area contributed by atoms with Gasteiger partial charge >= 0.3 is 0 Å². The average molecular weight is 211 g/mol. The highest BCUT2D eigenvalue weighted by atomic mass is 16.5. The quantitative estimate of drug-likeness (QED) is 0.651. The van der Waals surface area contributed by atoms with Crippen LogP contribution in [0.1, 0.15) is 20.3 Å². The summed E-state index contributed by atoms with van der Waals surface area (Å²) in [6.07, 6.45) is 4.39. The molecule has 0 rings (SSSR count). The molecular formula is C11H21N3O. The predicted octanol–water partition coefficient (Wildman–Crippen LogP) is 1.63. The fourth-order valence-electron chi connectivity index (χ4n) is 1.09. The van der Waals surface area contributed by atoms with E-state index in [0.717, 1.165) is 12.1 Å². The Morgan fingerprint density at radius 3 is 2.67 bits per heavy atom. The molecule has 0 aliphatic rings. The van der Waals surface area contributed by atoms with Crippen LogP contribution in [0.15, 0.2) is 21.8 Å². The van der Waals surface area contributed by atoms with Gasteiger partial charge < -0.3 is 10.1 Å². The molecular weight excluding hydrogens is 190 g/mol. The molecule has 0 amide bonds. The van der Waals surface area contributed by atoms with Crippen LogP contribution >= 0.6 is 0 Å². The minimum Gasteiger partial charge on any atom is -0.372 e. The third kappa shape index (κ3) is 4.36. The van der Waals surface area contributed by atoms with E-state index in [4.69, 9.17) is 4.74 Å². The van der Waals surface area contributed by atoms with Crippen LogP contribution in [-0.2, 0) is 4.74 Å². The molecule has 0 radical (unpaired) electrons. The van der Waals surface area contributed by atoms with Crippen molar-refractivity contribution in [2.75, 3.05) is 20.8 Å². The van der Waals surface area contributed by atoms with E-state index in [9.17, 15) is 0 Å². The van der Waals surface area contributed by atoms with Crippen LogP contribution in [-0.4, -0.2) is 39.4 Å². The van der Waals surface area contributed by atoms with Gasteiger partial charge in [0, 0.05) is 13.3 Å². The fraction of sp³-hybridized carbons (Fsp3) is 0.636. The zero-order valence-corrected chi connectivity index (χ0v) is 10.1. The molecule has 0 saturated carbocycles. The molecule has 4 heteroatoms. The molecule has 0 bridgehead atoms. The molecule has 0 aromatic rings. The van der Waals surface area contributed by atoms with Gasteiger partial charge in [-0.3, -0.25) is 9.98 Å². The number of nitrogens with zero attached hydrogens (tertiary/aromatic N) is 2. The summed E-state index contributed by atoms with van der Waals surface area (Å²) >= 11 is 0. The molecule has 86 valence electrons. The van der Waals surface area contributed by atoms with E-state index >= 15 is 0 Å². The van der Waals surface area contributed by atoms with Crippen LogP contribution in [0.5, 0.6) is 0 Å². The first-order valence-electron chi connectivity index (χ1n) is 5.01. The van der Waals surface area contributed by atoms with Crippen molar-refractivity contribution in [2.45, 2.75) is 25.9 Å². The molecule has 0 aromatic heterocycles. The van der Waals surface area contributed by atoms with Crippen molar-refractivity contribution in [1.82, 2.24) is 5.32 Å². The minimum absolute atomic E-state index is 0.382. The third-order valence-electron chi connectivity index (χ3n) is 2.42. The maximum atomic E-state index is 5.42. The van der Waals surface area contributed by atoms with Gasteiger partial charge in [0.2, 0.25) is 0 Å². The molecule has 0 spiro atoms. The van der Waals surface area contributed by atoms with Crippen LogP contribution in [0.2, 0.25) is 0 Å². The summed E-state index contributed by atoms with van der Waals surface area (Å²) in [5.41, 5.74) is 0.417. The number of nitrogens with one attached hydrogen (secondary N) is 1. The third-order valence-corrected chi connectivity index (χ3v) is 2.42. The summed E-state index contributed by atoms with van der Waals surface area (Å²) in [6, 6.07) is 0. The molecule has 0 heterocycles. The zero-order chi connectivity index (χ0) is 11.7. The maximum Gasteiger partial charge on any atom is 0.107 e. The van der Waals surface area contributed by atoms with E-state index in [1.54, 1.807) is 13.3 Å². The lowest BCUT2D eigenvalue weighted by atomic mass is 9.99. The number of hydrogen-bond donors (Lipinski definition) is 1. The first-order valence-corrected chi connectivity index (χ1v) is 5.01. The summed E-state index contributed by atoms with van der Waals surface area (Å²) in [7, 11) is 3.52. The number of allylic oxidation sites excluding steroid dienone is 1. The van der Waals surface area contributed by atoms with E-state index in [-0.39, 0.29) is 5.60 Å². The Labute approximate surface area is 92.2 Å². The predicted molar refractivity (Wildman–Crippen MR) is 65.8 cm³/mol. The van der Waals surface area contributed by atoms with Gasteiger partial charge in [0.15, 0.2) is 0 Å². The van der Waals surface area contributed by atoms with Crippen molar-refractivity contribution in [1.29, 1.82) is 0 Å². The van der Waals surface area contributed by atoms with Gasteiger partial charge in [-0.15, -0.1) is 0 Å². The summed E-state index contributed by atoms with van der Waals surface area (Å²) < 4.78 is 5.42. The van der Waals surface area contributed by atoms with E-state index in [2.05, 4.69) is 22.0 Å². The Kier molecular flexibility index (Phi) is 6.83. The van der Waals surface area contributed by atoms with Crippen molar-refractivity contribution < 1.29 is 4.74 Å². The lowest BCUT2D eigenvalue weighted by Crippen LogP contribution is -2.28. The van der Waals surface area contributed by atoms with Crippen molar-refractivity contribution in [3.8, 4) is 0 Å². The van der Waals surface area contributed by atoms with Crippen molar-refractivity contribution in [3.05, 3.63) is 11.8 Å². The van der Waals surface area contributed by atoms with Crippen LogP contribution in [0.4, 0.5) is 0 Å². The lowest BCUT2D eigenvalue weighted by molar-refractivity contribution is 0.0344. The van der Waals surface area contributed by atoms with Crippen LogP contribution in [0, 0.1) is 0 Å². The van der Waals surface area contributed by atoms with E-state index in [1.165, 1.54) is 0 Å². The second-order valence-electron chi connectivity index (χ2n) is 3.34. The van der Waals surface area contributed by atoms with Gasteiger partial charge in [0.05, 0.1) is 12.4 Å². The summed E-state index contributed by atoms with van der Waals surface area (Å²) in [5.74, 6) is 0. The normalized spacial score (nSPS) is 16.7. The summed E-state index contributed by atoms with van der Waals surface area (Å²) in [6.45, 7) is 8.17. The van der Waals surface area contributed by atoms with Gasteiger partial charge in [-0.1, -0.05) is 6.92 Å². The van der Waals surface area contributed by atoms with Gasteiger partial charge in [-0.2, -0.15) is 0 Å². The minimum atomic E-state index is -0.382. The highest BCUT2D eigenvalue weighted by Gasteiger charge is 2.25. The molecule has 1 unspecified atom stereocenters. The van der Waals surface area contributed by atoms with Crippen molar-refractivity contribution in [2.24, 2.45) is 9.98 Å². The Morgan fingerprint density at radius 1 is 1.60 bits per heavy atom. The Morgan fingerprint density at radius 2 is 2.27 bits per heavy atom. The number of rotatable bonds is 7. The van der Waals surface area contributed by atoms with Crippen LogP contribution in [0.3, 0.4) is 0 Å². The molecule has 1 atom stereocenters. The monoisotopic (exact) mass is 211 g/mol. The standard InChI is InChI=1S/C11H21N3O/c1-6-11(2,15-5)10(13-4)7-8-14-9-12-3/h7-8,12H,4,6,9H2,1-3,5H3/b10-7-,14-8-. The molecule has 0 aromatic carbocycles. The molecule has 0 aliphatic heterocycles. The van der Waals surface area contributed by atoms with Gasteiger partial charge in [0.1, 0.15) is 5.60 Å². The zero-order valence-electron chi connectivity index (χ0n) is 10.1. The number of methoxy groups -OCH3 is 1. The van der Waals surface area contributed by atoms with E-state index < -0.39 is 0 Å². The Balaban J connectivity index is 4.66. The summed E-state index contributed by atoms with van der Waals surface area (Å²) in [5, 5.41) is 2.92. The summed E-state index contributed by atoms with van der Waals surface area (Å²) in [4.78, 5) is 8.08. The second-order valence-corrected chi connectivity index (χ2v) is 3.34. The number of hydrogen-bond acceptors (Lipinski definition) is 4. The Hall–Kier alpha value is -1.00. The van der Waals surface area contributed by atoms with Crippen LogP contribution in [0.25, 0.3) is 0 Å². The van der Waals surface area contributed by atoms with E-state index in [1.807, 2.05) is 27.0 Å². The van der Waals surface area contributed by atoms with Gasteiger partial charge in [-0.05, 0) is 33.2 Å². The van der Waals surface area contributed by atoms with Crippen LogP contribution < -0.4 is 5.32 Å². The molecule has 0 saturated heterocycles. The topological polar surface area (TPSA) is 46.0 Å². The largest absolute Gasteiger partial charge is 0.372 e. The molecule has 15 heavy (non-hydrogen) atoms. The Bertz CT molecular complexity index is 242. The van der Waals surface area contributed by atoms with Gasteiger partial charge in [0.25, 0.3) is 0 Å². The van der Waals surface area contributed by atoms with Gasteiger partial charge in [-0.25, -0.2) is 0 Å². The first kappa shape index (κ1) is 14.0. The smallest absolute Gasteiger partial charge is 0.107 e. The average Bonchev–Trinajstić information content (AvgIpc) is 2.28.